The van der Waals surface area contributed by atoms with Crippen LogP contribution in [0.25, 0.3) is 0 Å². The maximum atomic E-state index is 17.5. The van der Waals surface area contributed by atoms with E-state index < -0.39 is 49.2 Å². The zero-order valence-electron chi connectivity index (χ0n) is 31.3. The quantitative estimate of drug-likeness (QED) is 0.142. The van der Waals surface area contributed by atoms with Gasteiger partial charge in [0.25, 0.3) is 5.85 Å². The molecule has 1 aromatic rings. The van der Waals surface area contributed by atoms with Gasteiger partial charge in [-0.15, -0.1) is 0 Å². The van der Waals surface area contributed by atoms with Crippen molar-refractivity contribution in [2.75, 3.05) is 6.61 Å². The molecule has 0 aliphatic carbocycles. The summed E-state index contributed by atoms with van der Waals surface area (Å²) in [4.78, 5) is 4.69. The normalized spacial score (nSPS) is 24.5. The molecule has 2 unspecified atom stereocenters. The Balaban J connectivity index is 2.60. The smallest absolute Gasteiger partial charge is 0.261 e. The maximum absolute atomic E-state index is 17.5. The number of nitrogens with two attached hydrogens (primary N) is 1. The van der Waals surface area contributed by atoms with Crippen molar-refractivity contribution >= 4 is 31.2 Å². The molecule has 0 aromatic heterocycles. The first-order chi connectivity index (χ1) is 20.0. The van der Waals surface area contributed by atoms with Gasteiger partial charge in [-0.25, -0.2) is 4.39 Å². The van der Waals surface area contributed by atoms with Gasteiger partial charge in [0.1, 0.15) is 18.0 Å². The summed E-state index contributed by atoms with van der Waals surface area (Å²) in [5.41, 5.74) is 8.19. The number of hydrogen-bond donors (Lipinski definition) is 1. The number of nitrogens with zero attached hydrogens (tertiary/aromatic N) is 1. The number of para-hydroxylation sites is 1. The topological polar surface area (TPSA) is 84.5 Å². The van der Waals surface area contributed by atoms with Gasteiger partial charge in [-0.3, -0.25) is 4.99 Å². The van der Waals surface area contributed by atoms with Crippen molar-refractivity contribution in [3.05, 3.63) is 41.3 Å². The van der Waals surface area contributed by atoms with Crippen LogP contribution in [0, 0.1) is 13.8 Å². The Labute approximate surface area is 276 Å². The van der Waals surface area contributed by atoms with Crippen LogP contribution in [0.3, 0.4) is 0 Å². The van der Waals surface area contributed by atoms with Gasteiger partial charge in [0.05, 0.1) is 6.61 Å². The summed E-state index contributed by atoms with van der Waals surface area (Å²) in [5.74, 6) is -1.41. The Morgan fingerprint density at radius 1 is 0.867 bits per heavy atom. The lowest BCUT2D eigenvalue weighted by molar-refractivity contribution is -0.188. The summed E-state index contributed by atoms with van der Waals surface area (Å²) >= 11 is 0. The highest BCUT2D eigenvalue weighted by molar-refractivity contribution is 6.75. The zero-order chi connectivity index (χ0) is 35.0. The van der Waals surface area contributed by atoms with Crippen LogP contribution in [-0.4, -0.2) is 62.1 Å². The highest BCUT2D eigenvalue weighted by atomic mass is 28.4. The molecule has 11 heteroatoms. The first-order valence-corrected chi connectivity index (χ1v) is 24.9. The summed E-state index contributed by atoms with van der Waals surface area (Å²) in [6, 6.07) is 5.90. The third-order valence-corrected chi connectivity index (χ3v) is 23.7. The van der Waals surface area contributed by atoms with Gasteiger partial charge in [-0.05, 0) is 79.4 Å². The molecule has 1 heterocycles. The molecule has 0 bridgehead atoms. The second kappa shape index (κ2) is 13.6. The molecule has 0 radical (unpaired) electrons. The minimum absolute atomic E-state index is 0.107. The third kappa shape index (κ3) is 9.61. The van der Waals surface area contributed by atoms with Crippen LogP contribution >= 0.6 is 0 Å². The summed E-state index contributed by atoms with van der Waals surface area (Å²) in [7, 11) is -7.26. The number of alkyl halides is 1. The van der Waals surface area contributed by atoms with E-state index in [-0.39, 0.29) is 27.6 Å². The molecule has 45 heavy (non-hydrogen) atoms. The van der Waals surface area contributed by atoms with E-state index >= 15 is 4.39 Å². The summed E-state index contributed by atoms with van der Waals surface area (Å²) in [6.45, 7) is 35.8. The number of benzene rings is 1. The Bertz CT molecular complexity index is 1210. The van der Waals surface area contributed by atoms with Crippen molar-refractivity contribution < 1.29 is 27.1 Å². The van der Waals surface area contributed by atoms with E-state index in [0.29, 0.717) is 5.75 Å². The van der Waals surface area contributed by atoms with Crippen molar-refractivity contribution in [2.45, 2.75) is 155 Å². The molecule has 1 saturated heterocycles. The van der Waals surface area contributed by atoms with Crippen molar-refractivity contribution in [3.8, 4) is 5.75 Å². The van der Waals surface area contributed by atoms with Gasteiger partial charge >= 0.3 is 0 Å². The average molecular weight is 683 g/mol. The highest BCUT2D eigenvalue weighted by Crippen LogP contribution is 2.48. The predicted molar refractivity (Wildman–Crippen MR) is 193 cm³/mol. The van der Waals surface area contributed by atoms with Gasteiger partial charge in [0.2, 0.25) is 0 Å². The van der Waals surface area contributed by atoms with Crippen LogP contribution in [0.5, 0.6) is 5.75 Å². The number of halogens is 1. The standard InChI is InChI=1S/C34H63FN2O5Si3/c1-24-19-18-20-25(2)27(24)39-26(36)21-22-37-30-28(41-44(14,15)32(6,7)8)29(42-45(16,17)33(9,10)11)34(35,40-30)23-38-43(12,13)31(3,4)5/h18-22,28-30H,23,36H2,1-17H3/t28?,29?,30-,34-/m1/s1. The van der Waals surface area contributed by atoms with E-state index in [0.717, 1.165) is 11.1 Å². The summed E-state index contributed by atoms with van der Waals surface area (Å²) in [6.07, 6.45) is 0.266. The fourth-order valence-electron chi connectivity index (χ4n) is 4.06. The van der Waals surface area contributed by atoms with Crippen molar-refractivity contribution in [2.24, 2.45) is 10.7 Å². The molecule has 1 aromatic carbocycles. The van der Waals surface area contributed by atoms with E-state index in [1.54, 1.807) is 6.08 Å². The molecule has 1 aliphatic heterocycles. The lowest BCUT2D eigenvalue weighted by Crippen LogP contribution is -2.57. The maximum Gasteiger partial charge on any atom is 0.261 e. The molecule has 2 rings (SSSR count). The Hall–Kier alpha value is -1.35. The molecule has 1 fully saturated rings. The van der Waals surface area contributed by atoms with Gasteiger partial charge < -0.3 is 28.5 Å². The molecule has 0 saturated carbocycles. The Kier molecular flexibility index (Phi) is 12.1. The van der Waals surface area contributed by atoms with Crippen LogP contribution in [0.1, 0.15) is 73.4 Å². The molecule has 2 N–H and O–H groups in total. The number of ether oxygens (including phenoxy) is 2. The SMILES string of the molecule is Cc1cccc(C)c1OC(N)=CC=N[C@@H]1O[C@](F)(CO[Si](C)(C)C(C)(C)C)C(O[Si](C)(C)C(C)(C)C)C1O[Si](C)(C)C(C)(C)C. The fourth-order valence-corrected chi connectivity index (χ4v) is 7.62. The highest BCUT2D eigenvalue weighted by Gasteiger charge is 2.62. The second-order valence-corrected chi connectivity index (χ2v) is 31.5. The zero-order valence-corrected chi connectivity index (χ0v) is 34.3. The van der Waals surface area contributed by atoms with E-state index in [2.05, 4.69) is 102 Å². The first kappa shape index (κ1) is 39.8. The van der Waals surface area contributed by atoms with Crippen molar-refractivity contribution in [3.63, 3.8) is 0 Å². The Morgan fingerprint density at radius 3 is 1.80 bits per heavy atom. The van der Waals surface area contributed by atoms with Crippen LogP contribution < -0.4 is 10.5 Å². The van der Waals surface area contributed by atoms with Gasteiger partial charge in [-0.1, -0.05) is 80.5 Å². The van der Waals surface area contributed by atoms with E-state index in [9.17, 15) is 0 Å². The first-order valence-electron chi connectivity index (χ1n) is 16.1. The minimum Gasteiger partial charge on any atom is -0.441 e. The van der Waals surface area contributed by atoms with Crippen molar-refractivity contribution in [1.82, 2.24) is 0 Å². The van der Waals surface area contributed by atoms with Crippen molar-refractivity contribution in [1.29, 1.82) is 0 Å². The molecule has 0 spiro atoms. The van der Waals surface area contributed by atoms with Crippen LogP contribution in [-0.2, 0) is 18.0 Å². The van der Waals surface area contributed by atoms with E-state index in [1.165, 1.54) is 6.21 Å². The molecule has 0 amide bonds. The van der Waals surface area contributed by atoms with E-state index in [1.807, 2.05) is 32.0 Å². The number of allylic oxidation sites excluding steroid dienone is 1. The number of aliphatic imine (C=N–C) groups is 1. The fraction of sp³-hybridized carbons (Fsp3) is 0.735. The second-order valence-electron chi connectivity index (χ2n) is 17.2. The predicted octanol–water partition coefficient (Wildman–Crippen LogP) is 9.38. The van der Waals surface area contributed by atoms with Crippen LogP contribution in [0.4, 0.5) is 4.39 Å². The molecule has 7 nitrogen and oxygen atoms in total. The third-order valence-electron chi connectivity index (χ3n) is 10.3. The van der Waals surface area contributed by atoms with Crippen LogP contribution in [0.2, 0.25) is 54.4 Å². The number of hydrogen-bond acceptors (Lipinski definition) is 7. The monoisotopic (exact) mass is 682 g/mol. The number of rotatable bonds is 11. The molecule has 1 aliphatic rings. The largest absolute Gasteiger partial charge is 0.441 e. The van der Waals surface area contributed by atoms with E-state index in [4.69, 9.17) is 33.5 Å². The number of aryl methyl sites for hydroxylation is 2. The van der Waals surface area contributed by atoms with Crippen LogP contribution in [0.15, 0.2) is 35.2 Å². The Morgan fingerprint density at radius 2 is 1.33 bits per heavy atom. The average Bonchev–Trinajstić information content (AvgIpc) is 3.08. The summed E-state index contributed by atoms with van der Waals surface area (Å²) < 4.78 is 50.0. The summed E-state index contributed by atoms with van der Waals surface area (Å²) in [5, 5.41) is -0.408. The lowest BCUT2D eigenvalue weighted by Gasteiger charge is -2.45. The van der Waals surface area contributed by atoms with Gasteiger partial charge in [0.15, 0.2) is 37.1 Å². The van der Waals surface area contributed by atoms with Gasteiger partial charge in [0, 0.05) is 12.3 Å². The molecule has 258 valence electrons. The van der Waals surface area contributed by atoms with Gasteiger partial charge in [-0.2, -0.15) is 0 Å². The molecular formula is C34H63FN2O5Si3. The minimum atomic E-state index is -2.50. The lowest BCUT2D eigenvalue weighted by atomic mass is 10.1. The molecule has 4 atom stereocenters. The molecular weight excluding hydrogens is 620 g/mol.